The summed E-state index contributed by atoms with van der Waals surface area (Å²) < 4.78 is 7.37. The van der Waals surface area contributed by atoms with Gasteiger partial charge in [-0.3, -0.25) is 14.3 Å². The Morgan fingerprint density at radius 2 is 2.08 bits per heavy atom. The van der Waals surface area contributed by atoms with E-state index in [2.05, 4.69) is 17.3 Å². The zero-order valence-electron chi connectivity index (χ0n) is 14.4. The monoisotopic (exact) mass is 342 g/mol. The lowest BCUT2D eigenvalue weighted by molar-refractivity contribution is -0.145. The smallest absolute Gasteiger partial charge is 0.244 e. The van der Waals surface area contributed by atoms with Crippen LogP contribution in [0.1, 0.15) is 12.5 Å². The molecule has 1 saturated heterocycles. The fourth-order valence-electron chi connectivity index (χ4n) is 2.87. The van der Waals surface area contributed by atoms with Crippen LogP contribution in [0, 0.1) is 12.3 Å². The molecule has 132 valence electrons. The maximum absolute atomic E-state index is 12.3. The summed E-state index contributed by atoms with van der Waals surface area (Å²) in [5.41, 5.74) is 1.74. The summed E-state index contributed by atoms with van der Waals surface area (Å²) in [4.78, 5) is 24.5. The average molecular weight is 342 g/mol. The van der Waals surface area contributed by atoms with Gasteiger partial charge in [0.2, 0.25) is 12.3 Å². The molecule has 0 bridgehead atoms. The molecule has 0 unspecified atom stereocenters. The van der Waals surface area contributed by atoms with Crippen LogP contribution >= 0.6 is 0 Å². The van der Waals surface area contributed by atoms with Crippen molar-refractivity contribution in [3.05, 3.63) is 42.2 Å². The number of aryl methyl sites for hydroxylation is 1. The molecule has 0 saturated carbocycles. The highest BCUT2D eigenvalue weighted by Crippen LogP contribution is 2.31. The van der Waals surface area contributed by atoms with Gasteiger partial charge in [-0.05, 0) is 19.1 Å². The van der Waals surface area contributed by atoms with Crippen LogP contribution in [0.2, 0.25) is 0 Å². The first-order valence-corrected chi connectivity index (χ1v) is 8.17. The number of ether oxygens (including phenoxy) is 1. The minimum absolute atomic E-state index is 0.00793. The van der Waals surface area contributed by atoms with Gasteiger partial charge >= 0.3 is 0 Å². The summed E-state index contributed by atoms with van der Waals surface area (Å²) in [5.74, 6) is 0.858. The first kappa shape index (κ1) is 17.0. The zero-order chi connectivity index (χ0) is 17.9. The highest BCUT2D eigenvalue weighted by Gasteiger charge is 2.41. The van der Waals surface area contributed by atoms with Crippen molar-refractivity contribution in [3.63, 3.8) is 0 Å². The van der Waals surface area contributed by atoms with Gasteiger partial charge in [0.15, 0.2) is 0 Å². The van der Waals surface area contributed by atoms with Gasteiger partial charge in [-0.1, -0.05) is 24.6 Å². The number of likely N-dealkylation sites (tertiary alicyclic amines) is 1. The second-order valence-corrected chi connectivity index (χ2v) is 6.85. The normalized spacial score (nSPS) is 15.4. The van der Waals surface area contributed by atoms with E-state index in [0.29, 0.717) is 31.8 Å². The van der Waals surface area contributed by atoms with Crippen molar-refractivity contribution < 1.29 is 14.3 Å². The third-order valence-corrected chi connectivity index (χ3v) is 4.26. The van der Waals surface area contributed by atoms with Crippen molar-refractivity contribution in [2.45, 2.75) is 20.4 Å². The van der Waals surface area contributed by atoms with E-state index in [9.17, 15) is 9.59 Å². The zero-order valence-corrected chi connectivity index (χ0v) is 14.4. The van der Waals surface area contributed by atoms with Crippen LogP contribution in [0.4, 0.5) is 5.69 Å². The number of hydrogen-bond donors (Lipinski definition) is 1. The highest BCUT2D eigenvalue weighted by atomic mass is 16.5. The molecule has 1 N–H and O–H groups in total. The first-order chi connectivity index (χ1) is 12.0. The van der Waals surface area contributed by atoms with Crippen molar-refractivity contribution in [2.75, 3.05) is 25.0 Å². The topological polar surface area (TPSA) is 76.5 Å². The van der Waals surface area contributed by atoms with E-state index in [4.69, 9.17) is 4.74 Å². The number of carbonyl (C=O) groups is 2. The summed E-state index contributed by atoms with van der Waals surface area (Å²) in [6.45, 7) is 6.23. The summed E-state index contributed by atoms with van der Waals surface area (Å²) in [7, 11) is 0. The molecule has 1 fully saturated rings. The number of hydrogen-bond acceptors (Lipinski definition) is 4. The van der Waals surface area contributed by atoms with E-state index in [1.165, 1.54) is 16.4 Å². The van der Waals surface area contributed by atoms with Crippen LogP contribution in [-0.4, -0.2) is 46.7 Å². The van der Waals surface area contributed by atoms with Gasteiger partial charge in [-0.25, -0.2) is 0 Å². The number of benzene rings is 1. The van der Waals surface area contributed by atoms with E-state index in [1.54, 1.807) is 11.1 Å². The van der Waals surface area contributed by atoms with Crippen LogP contribution in [-0.2, 0) is 16.1 Å². The van der Waals surface area contributed by atoms with Crippen molar-refractivity contribution in [2.24, 2.45) is 5.41 Å². The first-order valence-electron chi connectivity index (χ1n) is 8.17. The number of nitrogens with zero attached hydrogens (tertiary/aromatic N) is 3. The third-order valence-electron chi connectivity index (χ3n) is 4.26. The Labute approximate surface area is 146 Å². The van der Waals surface area contributed by atoms with E-state index < -0.39 is 0 Å². The van der Waals surface area contributed by atoms with Crippen molar-refractivity contribution >= 4 is 18.0 Å². The van der Waals surface area contributed by atoms with Gasteiger partial charge in [0.25, 0.3) is 0 Å². The van der Waals surface area contributed by atoms with Crippen molar-refractivity contribution in [1.82, 2.24) is 14.7 Å². The minimum Gasteiger partial charge on any atom is -0.493 e. The molecule has 7 nitrogen and oxygen atoms in total. The molecule has 3 rings (SSSR count). The lowest BCUT2D eigenvalue weighted by Crippen LogP contribution is -2.60. The van der Waals surface area contributed by atoms with Gasteiger partial charge in [0, 0.05) is 24.7 Å². The summed E-state index contributed by atoms with van der Waals surface area (Å²) in [5, 5.41) is 6.56. The molecule has 25 heavy (non-hydrogen) atoms. The molecule has 7 heteroatoms. The Bertz CT molecular complexity index is 748. The van der Waals surface area contributed by atoms with E-state index >= 15 is 0 Å². The molecule has 0 radical (unpaired) electrons. The molecule has 1 aliphatic rings. The number of aromatic nitrogens is 2. The van der Waals surface area contributed by atoms with Crippen molar-refractivity contribution in [3.8, 4) is 5.75 Å². The van der Waals surface area contributed by atoms with Gasteiger partial charge in [0.1, 0.15) is 12.3 Å². The van der Waals surface area contributed by atoms with Crippen LogP contribution in [0.3, 0.4) is 0 Å². The molecule has 1 aromatic heterocycles. The molecule has 2 heterocycles. The molecule has 0 atom stereocenters. The Hall–Kier alpha value is -2.83. The second kappa shape index (κ2) is 6.96. The maximum atomic E-state index is 12.3. The molecule has 2 amide bonds. The molecule has 1 aromatic carbocycles. The van der Waals surface area contributed by atoms with Crippen LogP contribution in [0.5, 0.6) is 5.75 Å². The van der Waals surface area contributed by atoms with Crippen LogP contribution in [0.25, 0.3) is 0 Å². The quantitative estimate of drug-likeness (QED) is 0.777. The molecular formula is C18H22N4O3. The summed E-state index contributed by atoms with van der Waals surface area (Å²) >= 11 is 0. The van der Waals surface area contributed by atoms with E-state index in [1.807, 2.05) is 31.2 Å². The second-order valence-electron chi connectivity index (χ2n) is 6.85. The summed E-state index contributed by atoms with van der Waals surface area (Å²) in [6.07, 6.45) is 3.72. The van der Waals surface area contributed by atoms with Crippen molar-refractivity contribution in [1.29, 1.82) is 0 Å². The number of nitrogens with one attached hydrogen (secondary N) is 1. The van der Waals surface area contributed by atoms with Gasteiger partial charge in [-0.2, -0.15) is 5.10 Å². The molecular weight excluding hydrogens is 320 g/mol. The highest BCUT2D eigenvalue weighted by molar-refractivity contribution is 5.77. The number of amides is 2. The molecule has 1 aliphatic heterocycles. The standard InChI is InChI=1S/C18H22N4O3/c1-14-3-5-16(6-4-14)25-12-18(2)10-21(11-18)17(24)9-22-8-15(7-20-22)19-13-23/h3-8,13H,9-12H2,1-2H3,(H,19,23). The van der Waals surface area contributed by atoms with E-state index in [0.717, 1.165) is 5.75 Å². The Morgan fingerprint density at radius 1 is 1.36 bits per heavy atom. The average Bonchev–Trinajstić information content (AvgIpc) is 2.99. The Balaban J connectivity index is 1.46. The molecule has 0 spiro atoms. The van der Waals surface area contributed by atoms with Gasteiger partial charge < -0.3 is 15.0 Å². The molecule has 0 aliphatic carbocycles. The number of carbonyl (C=O) groups excluding carboxylic acids is 2. The third kappa shape index (κ3) is 4.17. The Kier molecular flexibility index (Phi) is 4.74. The molecule has 2 aromatic rings. The van der Waals surface area contributed by atoms with Crippen LogP contribution in [0.15, 0.2) is 36.7 Å². The maximum Gasteiger partial charge on any atom is 0.244 e. The summed E-state index contributed by atoms with van der Waals surface area (Å²) in [6, 6.07) is 7.96. The predicted molar refractivity (Wildman–Crippen MR) is 93.3 cm³/mol. The SMILES string of the molecule is Cc1ccc(OCC2(C)CN(C(=O)Cn3cc(NC=O)cn3)C2)cc1. The lowest BCUT2D eigenvalue weighted by atomic mass is 9.83. The number of anilines is 1. The lowest BCUT2D eigenvalue weighted by Gasteiger charge is -2.47. The van der Waals surface area contributed by atoms with Gasteiger partial charge in [0.05, 0.1) is 18.5 Å². The Morgan fingerprint density at radius 3 is 2.76 bits per heavy atom. The fraction of sp³-hybridized carbons (Fsp3) is 0.389. The minimum atomic E-state index is -0.0328. The largest absolute Gasteiger partial charge is 0.493 e. The predicted octanol–water partition coefficient (Wildman–Crippen LogP) is 1.69. The number of rotatable bonds is 7. The van der Waals surface area contributed by atoms with Gasteiger partial charge in [-0.15, -0.1) is 0 Å². The van der Waals surface area contributed by atoms with Crippen LogP contribution < -0.4 is 10.1 Å². The van der Waals surface area contributed by atoms with E-state index in [-0.39, 0.29) is 17.9 Å². The fourth-order valence-corrected chi connectivity index (χ4v) is 2.87.